The summed E-state index contributed by atoms with van der Waals surface area (Å²) in [6.45, 7) is 6.02. The van der Waals surface area contributed by atoms with E-state index in [0.29, 0.717) is 23.1 Å². The van der Waals surface area contributed by atoms with Gasteiger partial charge in [0.1, 0.15) is 0 Å². The lowest BCUT2D eigenvalue weighted by atomic mass is 10.3. The molecule has 0 fully saturated rings. The highest BCUT2D eigenvalue weighted by Gasteiger charge is 2.23. The first-order valence-corrected chi connectivity index (χ1v) is 5.25. The topological polar surface area (TPSA) is 49.4 Å². The second-order valence-electron chi connectivity index (χ2n) is 4.65. The molecule has 0 radical (unpaired) electrons. The summed E-state index contributed by atoms with van der Waals surface area (Å²) in [6.07, 6.45) is 0. The van der Waals surface area contributed by atoms with Gasteiger partial charge in [-0.3, -0.25) is 9.69 Å². The van der Waals surface area contributed by atoms with Gasteiger partial charge in [0.2, 0.25) is 0 Å². The number of hydrogen-bond acceptors (Lipinski definition) is 2. The molecule has 0 unspecified atom stereocenters. The Morgan fingerprint density at radius 2 is 1.88 bits per heavy atom. The molecule has 0 saturated carbocycles. The van der Waals surface area contributed by atoms with Gasteiger partial charge in [0, 0.05) is 17.3 Å². The quantitative estimate of drug-likeness (QED) is 0.458. The second-order valence-corrected chi connectivity index (χ2v) is 4.84. The van der Waals surface area contributed by atoms with Gasteiger partial charge in [0.25, 0.3) is 5.91 Å². The SMILES string of the molecule is C=C(C)C(=O)N(CC[N+](C)(C)C)C(=O)NCl. The second kappa shape index (κ2) is 5.86. The molecule has 0 heterocycles. The largest absolute Gasteiger partial charge is 0.339 e. The Balaban J connectivity index is 4.64. The molecule has 6 heteroatoms. The van der Waals surface area contributed by atoms with Crippen LogP contribution in [0.25, 0.3) is 0 Å². The lowest BCUT2D eigenvalue weighted by Gasteiger charge is -2.27. The van der Waals surface area contributed by atoms with Gasteiger partial charge in [-0.1, -0.05) is 6.58 Å². The predicted octanol–water partition coefficient (Wildman–Crippen LogP) is 0.961. The van der Waals surface area contributed by atoms with E-state index < -0.39 is 11.9 Å². The summed E-state index contributed by atoms with van der Waals surface area (Å²) in [4.78, 5) is 26.0. The maximum atomic E-state index is 11.7. The van der Waals surface area contributed by atoms with Crippen molar-refractivity contribution in [1.29, 1.82) is 0 Å². The van der Waals surface area contributed by atoms with Gasteiger partial charge >= 0.3 is 6.03 Å². The fourth-order valence-electron chi connectivity index (χ4n) is 0.977. The molecular formula is C10H19ClN3O2+. The number of quaternary nitrogens is 1. The van der Waals surface area contributed by atoms with Crippen molar-refractivity contribution in [3.8, 4) is 0 Å². The van der Waals surface area contributed by atoms with Crippen LogP contribution >= 0.6 is 11.8 Å². The van der Waals surface area contributed by atoms with Crippen LogP contribution in [0, 0.1) is 0 Å². The van der Waals surface area contributed by atoms with Crippen LogP contribution < -0.4 is 4.84 Å². The van der Waals surface area contributed by atoms with Gasteiger partial charge in [-0.05, 0) is 6.92 Å². The predicted molar refractivity (Wildman–Crippen MR) is 63.8 cm³/mol. The van der Waals surface area contributed by atoms with Crippen molar-refractivity contribution in [3.63, 3.8) is 0 Å². The average molecular weight is 249 g/mol. The zero-order chi connectivity index (χ0) is 12.9. The van der Waals surface area contributed by atoms with E-state index >= 15 is 0 Å². The third-order valence-corrected chi connectivity index (χ3v) is 2.09. The molecule has 1 N–H and O–H groups in total. The highest BCUT2D eigenvalue weighted by atomic mass is 35.5. The number of carbonyl (C=O) groups excluding carboxylic acids is 2. The number of hydrogen-bond donors (Lipinski definition) is 1. The summed E-state index contributed by atoms with van der Waals surface area (Å²) in [7, 11) is 5.92. The molecule has 0 saturated heterocycles. The van der Waals surface area contributed by atoms with Crippen LogP contribution in [-0.4, -0.2) is 55.6 Å². The van der Waals surface area contributed by atoms with E-state index in [1.54, 1.807) is 6.92 Å². The maximum absolute atomic E-state index is 11.7. The molecule has 92 valence electrons. The number of nitrogens with zero attached hydrogens (tertiary/aromatic N) is 2. The van der Waals surface area contributed by atoms with E-state index in [4.69, 9.17) is 11.8 Å². The molecule has 0 aromatic rings. The standard InChI is InChI=1S/C10H18ClN3O2/c1-8(2)9(15)13(10(16)12-11)6-7-14(3,4)5/h1,6-7H2,2-5H3/p+1. The smallest absolute Gasteiger partial charge is 0.329 e. The monoisotopic (exact) mass is 248 g/mol. The molecule has 0 aliphatic carbocycles. The van der Waals surface area contributed by atoms with Crippen molar-refractivity contribution < 1.29 is 14.1 Å². The third-order valence-electron chi connectivity index (χ3n) is 1.93. The van der Waals surface area contributed by atoms with E-state index in [1.165, 1.54) is 0 Å². The number of carbonyl (C=O) groups is 2. The van der Waals surface area contributed by atoms with Crippen molar-refractivity contribution in [2.75, 3.05) is 34.2 Å². The molecule has 0 aliphatic rings. The molecule has 16 heavy (non-hydrogen) atoms. The van der Waals surface area contributed by atoms with E-state index in [1.807, 2.05) is 26.0 Å². The minimum absolute atomic E-state index is 0.299. The molecule has 0 aromatic heterocycles. The lowest BCUT2D eigenvalue weighted by Crippen LogP contribution is -2.48. The molecule has 5 nitrogen and oxygen atoms in total. The first-order chi connectivity index (χ1) is 7.19. The number of urea groups is 1. The Bertz CT molecular complexity index is 297. The minimum Gasteiger partial charge on any atom is -0.329 e. The van der Waals surface area contributed by atoms with E-state index in [2.05, 4.69) is 6.58 Å². The zero-order valence-corrected chi connectivity index (χ0v) is 11.0. The van der Waals surface area contributed by atoms with E-state index in [9.17, 15) is 9.59 Å². The number of amides is 3. The van der Waals surface area contributed by atoms with Crippen molar-refractivity contribution in [2.24, 2.45) is 0 Å². The van der Waals surface area contributed by atoms with Gasteiger partial charge in [-0.2, -0.15) is 0 Å². The summed E-state index contributed by atoms with van der Waals surface area (Å²) in [5, 5.41) is 0. The minimum atomic E-state index is -0.622. The lowest BCUT2D eigenvalue weighted by molar-refractivity contribution is -0.869. The van der Waals surface area contributed by atoms with Crippen LogP contribution in [0.5, 0.6) is 0 Å². The fourth-order valence-corrected chi connectivity index (χ4v) is 1.08. The average Bonchev–Trinajstić information content (AvgIpc) is 2.15. The summed E-state index contributed by atoms with van der Waals surface area (Å²) >= 11 is 5.22. The van der Waals surface area contributed by atoms with Crippen molar-refractivity contribution in [2.45, 2.75) is 6.92 Å². The highest BCUT2D eigenvalue weighted by Crippen LogP contribution is 2.02. The summed E-state index contributed by atoms with van der Waals surface area (Å²) in [6, 6.07) is -0.622. The van der Waals surface area contributed by atoms with Gasteiger partial charge in [0.15, 0.2) is 0 Å². The molecule has 0 rings (SSSR count). The van der Waals surface area contributed by atoms with Crippen LogP contribution in [0.15, 0.2) is 12.2 Å². The van der Waals surface area contributed by atoms with Gasteiger partial charge in [-0.15, -0.1) is 0 Å². The number of likely N-dealkylation sites (N-methyl/N-ethyl adjacent to an activating group) is 1. The van der Waals surface area contributed by atoms with Gasteiger partial charge < -0.3 is 4.48 Å². The number of nitrogens with one attached hydrogen (secondary N) is 1. The van der Waals surface area contributed by atoms with E-state index in [0.717, 1.165) is 4.90 Å². The number of imide groups is 1. The molecule has 0 aliphatic heterocycles. The Morgan fingerprint density at radius 1 is 1.38 bits per heavy atom. The van der Waals surface area contributed by atoms with Gasteiger partial charge in [-0.25, -0.2) is 9.63 Å². The Kier molecular flexibility index (Phi) is 5.47. The van der Waals surface area contributed by atoms with Crippen LogP contribution in [0.4, 0.5) is 4.79 Å². The van der Waals surface area contributed by atoms with Gasteiger partial charge in [0.05, 0.1) is 34.2 Å². The first kappa shape index (κ1) is 14.9. The fraction of sp³-hybridized carbons (Fsp3) is 0.600. The third kappa shape index (κ3) is 5.14. The highest BCUT2D eigenvalue weighted by molar-refractivity contribution is 6.22. The van der Waals surface area contributed by atoms with Crippen molar-refractivity contribution in [3.05, 3.63) is 12.2 Å². The Morgan fingerprint density at radius 3 is 2.19 bits per heavy atom. The molecule has 3 amide bonds. The molecule has 0 bridgehead atoms. The maximum Gasteiger partial charge on any atom is 0.339 e. The summed E-state index contributed by atoms with van der Waals surface area (Å²) in [5.41, 5.74) is 0.307. The summed E-state index contributed by atoms with van der Waals surface area (Å²) in [5.74, 6) is -0.411. The van der Waals surface area contributed by atoms with E-state index in [-0.39, 0.29) is 0 Å². The summed E-state index contributed by atoms with van der Waals surface area (Å²) < 4.78 is 0.648. The van der Waals surface area contributed by atoms with Crippen molar-refractivity contribution >= 4 is 23.7 Å². The van der Waals surface area contributed by atoms with Crippen molar-refractivity contribution in [1.82, 2.24) is 9.74 Å². The van der Waals surface area contributed by atoms with Crippen LogP contribution in [0.3, 0.4) is 0 Å². The first-order valence-electron chi connectivity index (χ1n) is 4.87. The normalized spacial score (nSPS) is 10.8. The Labute approximate surface area is 101 Å². The molecular weight excluding hydrogens is 230 g/mol. The van der Waals surface area contributed by atoms with Crippen LogP contribution in [0.1, 0.15) is 6.92 Å². The van der Waals surface area contributed by atoms with Crippen LogP contribution in [0.2, 0.25) is 0 Å². The molecule has 0 spiro atoms. The molecule has 0 aromatic carbocycles. The Hall–Kier alpha value is -1.07. The number of rotatable bonds is 4. The van der Waals surface area contributed by atoms with Crippen LogP contribution in [-0.2, 0) is 4.79 Å². The molecule has 0 atom stereocenters. The number of halogens is 1. The zero-order valence-electron chi connectivity index (χ0n) is 10.2.